The minimum atomic E-state index is -0.552. The summed E-state index contributed by atoms with van der Waals surface area (Å²) in [4.78, 5) is 0. The smallest absolute Gasteiger partial charge is 0.127 e. The zero-order valence-corrected chi connectivity index (χ0v) is 15.2. The highest BCUT2D eigenvalue weighted by atomic mass is 35.5. The van der Waals surface area contributed by atoms with E-state index in [1.807, 2.05) is 60.7 Å². The van der Waals surface area contributed by atoms with Gasteiger partial charge in [0, 0.05) is 17.8 Å². The maximum Gasteiger partial charge on any atom is 0.127 e. The normalized spacial score (nSPS) is 11.8. The summed E-state index contributed by atoms with van der Waals surface area (Å²) in [5, 5.41) is 12.7. The summed E-state index contributed by atoms with van der Waals surface area (Å²) < 4.78 is 6.04. The molecule has 0 heterocycles. The van der Waals surface area contributed by atoms with Crippen LogP contribution < -0.4 is 10.1 Å². The first-order valence-electron chi connectivity index (χ1n) is 8.60. The third kappa shape index (κ3) is 5.01. The molecule has 3 aromatic carbocycles. The largest absolute Gasteiger partial charge is 0.488 e. The zero-order chi connectivity index (χ0) is 18.2. The molecule has 1 unspecified atom stereocenters. The molecule has 134 valence electrons. The minimum absolute atomic E-state index is 0.219. The number of para-hydroxylation sites is 1. The van der Waals surface area contributed by atoms with E-state index in [9.17, 15) is 5.11 Å². The van der Waals surface area contributed by atoms with Crippen molar-refractivity contribution in [3.8, 4) is 16.9 Å². The fraction of sp³-hybridized carbons (Fsp3) is 0.182. The highest BCUT2D eigenvalue weighted by Gasteiger charge is 2.07. The summed E-state index contributed by atoms with van der Waals surface area (Å²) in [6.07, 6.45) is -0.552. The van der Waals surface area contributed by atoms with Crippen LogP contribution in [0.2, 0.25) is 0 Å². The lowest BCUT2D eigenvalue weighted by Gasteiger charge is -2.13. The lowest BCUT2D eigenvalue weighted by molar-refractivity contribution is 0.211. The molecular formula is C22H22ClNO2. The molecule has 3 nitrogen and oxygen atoms in total. The molecule has 0 spiro atoms. The molecule has 0 radical (unpaired) electrons. The van der Waals surface area contributed by atoms with Crippen molar-refractivity contribution in [1.29, 1.82) is 0 Å². The Morgan fingerprint density at radius 1 is 0.885 bits per heavy atom. The van der Waals surface area contributed by atoms with Gasteiger partial charge in [-0.25, -0.2) is 0 Å². The molecule has 0 fully saturated rings. The lowest BCUT2D eigenvalue weighted by Crippen LogP contribution is -2.20. The van der Waals surface area contributed by atoms with Crippen molar-refractivity contribution in [2.75, 3.05) is 17.7 Å². The second-order valence-corrected chi connectivity index (χ2v) is 6.35. The molecule has 2 N–H and O–H groups in total. The number of halogens is 1. The van der Waals surface area contributed by atoms with E-state index in [1.165, 1.54) is 0 Å². The molecule has 0 bridgehead atoms. The number of benzene rings is 3. The molecule has 3 aromatic rings. The fourth-order valence-electron chi connectivity index (χ4n) is 2.62. The molecule has 0 amide bonds. The first-order chi connectivity index (χ1) is 12.8. The van der Waals surface area contributed by atoms with Gasteiger partial charge in [0.1, 0.15) is 12.4 Å². The van der Waals surface area contributed by atoms with E-state index >= 15 is 0 Å². The topological polar surface area (TPSA) is 41.5 Å². The Kier molecular flexibility index (Phi) is 6.53. The van der Waals surface area contributed by atoms with Crippen LogP contribution in [0.15, 0.2) is 78.9 Å². The van der Waals surface area contributed by atoms with Gasteiger partial charge in [-0.05, 0) is 29.3 Å². The van der Waals surface area contributed by atoms with Crippen molar-refractivity contribution in [1.82, 2.24) is 0 Å². The number of hydrogen-bond acceptors (Lipinski definition) is 3. The van der Waals surface area contributed by atoms with Crippen LogP contribution >= 0.6 is 11.6 Å². The van der Waals surface area contributed by atoms with Gasteiger partial charge in [0.2, 0.25) is 0 Å². The molecule has 0 aliphatic rings. The first-order valence-corrected chi connectivity index (χ1v) is 9.14. The summed E-state index contributed by atoms with van der Waals surface area (Å²) in [5.41, 5.74) is 4.22. The number of hydrogen-bond donors (Lipinski definition) is 2. The van der Waals surface area contributed by atoms with Gasteiger partial charge >= 0.3 is 0 Å². The van der Waals surface area contributed by atoms with Crippen LogP contribution in [0.3, 0.4) is 0 Å². The predicted octanol–water partition coefficient (Wildman–Crippen LogP) is 4.94. The summed E-state index contributed by atoms with van der Waals surface area (Å²) >= 11 is 5.61. The first kappa shape index (κ1) is 18.3. The Hall–Kier alpha value is -2.49. The number of aliphatic hydroxyl groups excluding tert-OH is 1. The summed E-state index contributed by atoms with van der Waals surface area (Å²) in [6.45, 7) is 0.966. The number of alkyl halides is 1. The van der Waals surface area contributed by atoms with Crippen molar-refractivity contribution >= 4 is 17.3 Å². The van der Waals surface area contributed by atoms with Crippen LogP contribution in [0.25, 0.3) is 11.1 Å². The molecule has 0 aliphatic carbocycles. The Morgan fingerprint density at radius 3 is 2.31 bits per heavy atom. The van der Waals surface area contributed by atoms with Crippen molar-refractivity contribution in [3.05, 3.63) is 84.4 Å². The third-order valence-corrected chi connectivity index (χ3v) is 4.40. The maximum atomic E-state index is 9.53. The number of anilines is 1. The van der Waals surface area contributed by atoms with Crippen LogP contribution in [0, 0.1) is 0 Å². The van der Waals surface area contributed by atoms with Gasteiger partial charge in [0.25, 0.3) is 0 Å². The number of rotatable bonds is 8. The maximum absolute atomic E-state index is 9.53. The number of aliphatic hydroxyl groups is 1. The van der Waals surface area contributed by atoms with Crippen LogP contribution in [0.4, 0.5) is 5.69 Å². The van der Waals surface area contributed by atoms with Crippen molar-refractivity contribution in [3.63, 3.8) is 0 Å². The van der Waals surface area contributed by atoms with Gasteiger partial charge in [-0.1, -0.05) is 60.7 Å². The van der Waals surface area contributed by atoms with E-state index in [0.717, 1.165) is 28.1 Å². The number of nitrogens with one attached hydrogen (secondary N) is 1. The van der Waals surface area contributed by atoms with E-state index in [1.54, 1.807) is 0 Å². The predicted molar refractivity (Wildman–Crippen MR) is 108 cm³/mol. The zero-order valence-electron chi connectivity index (χ0n) is 14.4. The molecule has 4 heteroatoms. The van der Waals surface area contributed by atoms with Crippen molar-refractivity contribution < 1.29 is 9.84 Å². The van der Waals surface area contributed by atoms with Gasteiger partial charge < -0.3 is 15.2 Å². The van der Waals surface area contributed by atoms with E-state index in [2.05, 4.69) is 23.5 Å². The standard InChI is InChI=1S/C22H22ClNO2/c23-14-20(25)15-24-19-12-10-18(11-13-19)21-8-4-5-9-22(21)26-16-17-6-2-1-3-7-17/h1-13,20,24-25H,14-16H2. The quantitative estimate of drug-likeness (QED) is 0.554. The minimum Gasteiger partial charge on any atom is -0.488 e. The Balaban J connectivity index is 1.70. The van der Waals surface area contributed by atoms with Gasteiger partial charge in [-0.3, -0.25) is 0 Å². The summed E-state index contributed by atoms with van der Waals surface area (Å²) in [7, 11) is 0. The molecule has 3 rings (SSSR count). The van der Waals surface area contributed by atoms with E-state index in [-0.39, 0.29) is 5.88 Å². The molecule has 0 aromatic heterocycles. The lowest BCUT2D eigenvalue weighted by atomic mass is 10.0. The molecule has 0 saturated heterocycles. The molecule has 26 heavy (non-hydrogen) atoms. The average Bonchev–Trinajstić information content (AvgIpc) is 2.72. The van der Waals surface area contributed by atoms with E-state index < -0.39 is 6.10 Å². The summed E-state index contributed by atoms with van der Waals surface area (Å²) in [6, 6.07) is 26.2. The van der Waals surface area contributed by atoms with Gasteiger partial charge in [0.05, 0.1) is 12.0 Å². The Bertz CT molecular complexity index is 806. The van der Waals surface area contributed by atoms with Crippen molar-refractivity contribution in [2.24, 2.45) is 0 Å². The third-order valence-electron chi connectivity index (χ3n) is 4.04. The monoisotopic (exact) mass is 367 g/mol. The SMILES string of the molecule is OC(CCl)CNc1ccc(-c2ccccc2OCc2ccccc2)cc1. The van der Waals surface area contributed by atoms with Gasteiger partial charge in [0.15, 0.2) is 0 Å². The molecular weight excluding hydrogens is 346 g/mol. The Morgan fingerprint density at radius 2 is 1.58 bits per heavy atom. The second-order valence-electron chi connectivity index (χ2n) is 6.04. The van der Waals surface area contributed by atoms with Crippen LogP contribution in [-0.4, -0.2) is 23.6 Å². The second kappa shape index (κ2) is 9.27. The van der Waals surface area contributed by atoms with Crippen LogP contribution in [-0.2, 0) is 6.61 Å². The molecule has 0 saturated carbocycles. The molecule has 0 aliphatic heterocycles. The van der Waals surface area contributed by atoms with Crippen LogP contribution in [0.1, 0.15) is 5.56 Å². The van der Waals surface area contributed by atoms with Gasteiger partial charge in [-0.15, -0.1) is 11.6 Å². The van der Waals surface area contributed by atoms with E-state index in [4.69, 9.17) is 16.3 Å². The number of ether oxygens (including phenoxy) is 1. The highest BCUT2D eigenvalue weighted by molar-refractivity contribution is 6.18. The van der Waals surface area contributed by atoms with E-state index in [0.29, 0.717) is 13.2 Å². The fourth-order valence-corrected chi connectivity index (χ4v) is 2.73. The van der Waals surface area contributed by atoms with Gasteiger partial charge in [-0.2, -0.15) is 0 Å². The Labute approximate surface area is 159 Å². The average molecular weight is 368 g/mol. The highest BCUT2D eigenvalue weighted by Crippen LogP contribution is 2.31. The summed E-state index contributed by atoms with van der Waals surface area (Å²) in [5.74, 6) is 1.08. The van der Waals surface area contributed by atoms with Crippen molar-refractivity contribution in [2.45, 2.75) is 12.7 Å². The molecule has 1 atom stereocenters. The van der Waals surface area contributed by atoms with Crippen LogP contribution in [0.5, 0.6) is 5.75 Å².